The summed E-state index contributed by atoms with van der Waals surface area (Å²) in [6.07, 6.45) is 3.40. The number of aryl methyl sites for hydroxylation is 1. The number of anilines is 1. The largest absolute Gasteiger partial charge is 0.351 e. The molecule has 2 N–H and O–H groups in total. The predicted octanol–water partition coefficient (Wildman–Crippen LogP) is 2.38. The summed E-state index contributed by atoms with van der Waals surface area (Å²) in [4.78, 5) is 27.5. The molecule has 0 radical (unpaired) electrons. The normalized spacial score (nSPS) is 10.1. The predicted molar refractivity (Wildman–Crippen MR) is 93.2 cm³/mol. The van der Waals surface area contributed by atoms with Crippen LogP contribution in [0.1, 0.15) is 11.1 Å². The second-order valence-electron chi connectivity index (χ2n) is 5.05. The van der Waals surface area contributed by atoms with Crippen LogP contribution in [0.2, 0.25) is 0 Å². The van der Waals surface area contributed by atoms with Crippen molar-refractivity contribution in [3.8, 4) is 0 Å². The zero-order valence-corrected chi connectivity index (χ0v) is 13.7. The van der Waals surface area contributed by atoms with Gasteiger partial charge in [0.05, 0.1) is 11.5 Å². The molecule has 0 spiro atoms. The van der Waals surface area contributed by atoms with Crippen LogP contribution in [-0.4, -0.2) is 28.3 Å². The first-order valence-corrected chi connectivity index (χ1v) is 8.39. The second kappa shape index (κ2) is 8.95. The van der Waals surface area contributed by atoms with Crippen LogP contribution < -0.4 is 10.6 Å². The molecule has 1 aromatic carbocycles. The summed E-state index contributed by atoms with van der Waals surface area (Å²) >= 11 is 1.29. The number of rotatable bonds is 7. The fraction of sp³-hybridized carbons (Fsp3) is 0.235. The third-order valence-corrected chi connectivity index (χ3v) is 3.91. The van der Waals surface area contributed by atoms with Gasteiger partial charge in [-0.15, -0.1) is 11.8 Å². The highest BCUT2D eigenvalue weighted by Gasteiger charge is 2.06. The Morgan fingerprint density at radius 2 is 1.96 bits per heavy atom. The molecule has 1 heterocycles. The Kier molecular flexibility index (Phi) is 6.62. The number of hydrogen-bond acceptors (Lipinski definition) is 4. The van der Waals surface area contributed by atoms with Gasteiger partial charge < -0.3 is 10.6 Å². The van der Waals surface area contributed by atoms with Crippen LogP contribution in [0.15, 0.2) is 48.8 Å². The van der Waals surface area contributed by atoms with Gasteiger partial charge in [-0.05, 0) is 36.2 Å². The van der Waals surface area contributed by atoms with Crippen molar-refractivity contribution in [1.29, 1.82) is 0 Å². The monoisotopic (exact) mass is 329 g/mol. The molecular formula is C17H19N3O2S. The first-order chi connectivity index (χ1) is 11.1. The average Bonchev–Trinajstić information content (AvgIpc) is 2.54. The summed E-state index contributed by atoms with van der Waals surface area (Å²) in [5.41, 5.74) is 2.81. The van der Waals surface area contributed by atoms with Crippen LogP contribution >= 0.6 is 11.8 Å². The molecule has 0 aliphatic heterocycles. The molecule has 0 aliphatic carbocycles. The van der Waals surface area contributed by atoms with Crippen molar-refractivity contribution in [2.45, 2.75) is 13.5 Å². The second-order valence-corrected chi connectivity index (χ2v) is 6.03. The van der Waals surface area contributed by atoms with Crippen molar-refractivity contribution in [2.75, 3.05) is 16.8 Å². The molecule has 120 valence electrons. The van der Waals surface area contributed by atoms with Crippen molar-refractivity contribution in [3.05, 3.63) is 59.9 Å². The minimum Gasteiger partial charge on any atom is -0.351 e. The molecular weight excluding hydrogens is 310 g/mol. The Hall–Kier alpha value is -2.34. The molecule has 0 saturated heterocycles. The number of nitrogens with one attached hydrogen (secondary N) is 2. The topological polar surface area (TPSA) is 71.1 Å². The van der Waals surface area contributed by atoms with Crippen LogP contribution in [0.3, 0.4) is 0 Å². The standard InChI is InChI=1S/C17H19N3O2S/c1-13-4-2-6-15(8-13)20-17(22)12-23-11-16(21)19-10-14-5-3-7-18-9-14/h2-9H,10-12H2,1H3,(H,19,21)(H,20,22). The lowest BCUT2D eigenvalue weighted by Crippen LogP contribution is -2.25. The Morgan fingerprint density at radius 3 is 2.70 bits per heavy atom. The van der Waals surface area contributed by atoms with E-state index in [0.29, 0.717) is 6.54 Å². The molecule has 1 aromatic heterocycles. The number of benzene rings is 1. The number of aromatic nitrogens is 1. The van der Waals surface area contributed by atoms with Crippen LogP contribution in [0, 0.1) is 6.92 Å². The van der Waals surface area contributed by atoms with E-state index in [1.54, 1.807) is 12.4 Å². The highest BCUT2D eigenvalue weighted by atomic mass is 32.2. The van der Waals surface area contributed by atoms with Gasteiger partial charge in [0, 0.05) is 24.6 Å². The quantitative estimate of drug-likeness (QED) is 0.818. The molecule has 0 aliphatic rings. The van der Waals surface area contributed by atoms with E-state index in [1.165, 1.54) is 11.8 Å². The molecule has 23 heavy (non-hydrogen) atoms. The van der Waals surface area contributed by atoms with Crippen LogP contribution in [0.4, 0.5) is 5.69 Å². The summed E-state index contributed by atoms with van der Waals surface area (Å²) in [7, 11) is 0. The SMILES string of the molecule is Cc1cccc(NC(=O)CSCC(=O)NCc2cccnc2)c1. The average molecular weight is 329 g/mol. The summed E-state index contributed by atoms with van der Waals surface area (Å²) < 4.78 is 0. The number of amides is 2. The molecule has 5 nitrogen and oxygen atoms in total. The molecule has 0 unspecified atom stereocenters. The molecule has 2 amide bonds. The summed E-state index contributed by atoms with van der Waals surface area (Å²) in [5, 5.41) is 5.61. The first kappa shape index (κ1) is 17.0. The Bertz CT molecular complexity index is 662. The van der Waals surface area contributed by atoms with Gasteiger partial charge in [-0.2, -0.15) is 0 Å². The van der Waals surface area contributed by atoms with Gasteiger partial charge in [0.15, 0.2) is 0 Å². The van der Waals surface area contributed by atoms with E-state index >= 15 is 0 Å². The number of pyridine rings is 1. The molecule has 2 rings (SSSR count). The summed E-state index contributed by atoms with van der Waals surface area (Å²) in [5.74, 6) is 0.290. The van der Waals surface area contributed by atoms with Crippen molar-refractivity contribution < 1.29 is 9.59 Å². The lowest BCUT2D eigenvalue weighted by molar-refractivity contribution is -0.118. The zero-order chi connectivity index (χ0) is 16.5. The molecule has 6 heteroatoms. The lowest BCUT2D eigenvalue weighted by Gasteiger charge is -2.07. The van der Waals surface area contributed by atoms with Gasteiger partial charge in [-0.25, -0.2) is 0 Å². The Labute approximate surface area is 139 Å². The van der Waals surface area contributed by atoms with Gasteiger partial charge >= 0.3 is 0 Å². The smallest absolute Gasteiger partial charge is 0.234 e. The molecule has 0 bridgehead atoms. The third kappa shape index (κ3) is 6.52. The maximum absolute atomic E-state index is 11.8. The minimum atomic E-state index is -0.111. The Balaban J connectivity index is 1.64. The maximum Gasteiger partial charge on any atom is 0.234 e. The number of hydrogen-bond donors (Lipinski definition) is 2. The Morgan fingerprint density at radius 1 is 1.13 bits per heavy atom. The van der Waals surface area contributed by atoms with E-state index in [9.17, 15) is 9.59 Å². The van der Waals surface area contributed by atoms with Crippen molar-refractivity contribution in [3.63, 3.8) is 0 Å². The van der Waals surface area contributed by atoms with E-state index in [2.05, 4.69) is 15.6 Å². The van der Waals surface area contributed by atoms with Gasteiger partial charge in [-0.1, -0.05) is 18.2 Å². The summed E-state index contributed by atoms with van der Waals surface area (Å²) in [6.45, 7) is 2.42. The highest BCUT2D eigenvalue weighted by Crippen LogP contribution is 2.10. The van der Waals surface area contributed by atoms with E-state index < -0.39 is 0 Å². The fourth-order valence-electron chi connectivity index (χ4n) is 1.91. The van der Waals surface area contributed by atoms with Crippen molar-refractivity contribution >= 4 is 29.3 Å². The third-order valence-electron chi connectivity index (χ3n) is 2.98. The molecule has 0 atom stereocenters. The van der Waals surface area contributed by atoms with Crippen LogP contribution in [0.25, 0.3) is 0 Å². The van der Waals surface area contributed by atoms with Crippen molar-refractivity contribution in [2.24, 2.45) is 0 Å². The minimum absolute atomic E-state index is 0.0952. The number of thioether (sulfide) groups is 1. The van der Waals surface area contributed by atoms with Crippen LogP contribution in [0.5, 0.6) is 0 Å². The van der Waals surface area contributed by atoms with E-state index in [0.717, 1.165) is 16.8 Å². The van der Waals surface area contributed by atoms with E-state index in [1.807, 2.05) is 43.3 Å². The van der Waals surface area contributed by atoms with Gasteiger partial charge in [0.2, 0.25) is 11.8 Å². The van der Waals surface area contributed by atoms with Gasteiger partial charge in [-0.3, -0.25) is 14.6 Å². The molecule has 0 fully saturated rings. The highest BCUT2D eigenvalue weighted by molar-refractivity contribution is 8.00. The maximum atomic E-state index is 11.8. The van der Waals surface area contributed by atoms with Gasteiger partial charge in [0.25, 0.3) is 0 Å². The van der Waals surface area contributed by atoms with E-state index in [-0.39, 0.29) is 23.3 Å². The van der Waals surface area contributed by atoms with Gasteiger partial charge in [0.1, 0.15) is 0 Å². The number of nitrogens with zero attached hydrogens (tertiary/aromatic N) is 1. The van der Waals surface area contributed by atoms with Crippen LogP contribution in [-0.2, 0) is 16.1 Å². The fourth-order valence-corrected chi connectivity index (χ4v) is 2.56. The van der Waals surface area contributed by atoms with E-state index in [4.69, 9.17) is 0 Å². The summed E-state index contributed by atoms with van der Waals surface area (Å²) in [6, 6.07) is 11.3. The number of carbonyl (C=O) groups excluding carboxylic acids is 2. The first-order valence-electron chi connectivity index (χ1n) is 7.23. The zero-order valence-electron chi connectivity index (χ0n) is 12.9. The molecule has 0 saturated carbocycles. The van der Waals surface area contributed by atoms with Crippen molar-refractivity contribution in [1.82, 2.24) is 10.3 Å². The number of carbonyl (C=O) groups is 2. The molecule has 2 aromatic rings. The lowest BCUT2D eigenvalue weighted by atomic mass is 10.2.